The molecule has 0 radical (unpaired) electrons. The Hall–Kier alpha value is -2.38. The lowest BCUT2D eigenvalue weighted by atomic mass is 10.2. The first-order valence-corrected chi connectivity index (χ1v) is 8.33. The highest BCUT2D eigenvalue weighted by atomic mass is 35.5. The van der Waals surface area contributed by atoms with Crippen molar-refractivity contribution in [2.45, 2.75) is 26.4 Å². The van der Waals surface area contributed by atoms with Gasteiger partial charge < -0.3 is 0 Å². The van der Waals surface area contributed by atoms with Crippen LogP contribution in [-0.2, 0) is 11.3 Å². The van der Waals surface area contributed by atoms with Gasteiger partial charge in [0.2, 0.25) is 5.95 Å². The molecule has 1 atom stereocenters. The molecule has 9 heteroatoms. The number of rotatable bonds is 5. The highest BCUT2D eigenvalue weighted by Gasteiger charge is 2.17. The predicted molar refractivity (Wildman–Crippen MR) is 95.9 cm³/mol. The zero-order chi connectivity index (χ0) is 18.0. The van der Waals surface area contributed by atoms with Gasteiger partial charge in [0.15, 0.2) is 0 Å². The van der Waals surface area contributed by atoms with Crippen molar-refractivity contribution in [1.29, 1.82) is 0 Å². The van der Waals surface area contributed by atoms with Crippen LogP contribution < -0.4 is 5.32 Å². The number of hydrogen-bond acceptors (Lipinski definition) is 4. The normalized spacial score (nSPS) is 12.2. The zero-order valence-corrected chi connectivity index (χ0v) is 15.2. The second-order valence-corrected chi connectivity index (χ2v) is 6.51. The molecule has 130 valence electrons. The molecule has 0 aliphatic rings. The van der Waals surface area contributed by atoms with Crippen molar-refractivity contribution < 1.29 is 4.79 Å². The van der Waals surface area contributed by atoms with Crippen LogP contribution in [0.3, 0.4) is 0 Å². The average Bonchev–Trinajstić information content (AvgIpc) is 3.18. The quantitative estimate of drug-likeness (QED) is 0.738. The number of aromatic nitrogens is 5. The molecular formula is C16H16Cl2N6O. The zero-order valence-electron chi connectivity index (χ0n) is 13.6. The summed E-state index contributed by atoms with van der Waals surface area (Å²) in [6.45, 7) is 4.10. The van der Waals surface area contributed by atoms with E-state index < -0.39 is 6.04 Å². The molecule has 0 fully saturated rings. The number of nitrogens with zero attached hydrogens (tertiary/aromatic N) is 5. The molecule has 0 aliphatic carbocycles. The summed E-state index contributed by atoms with van der Waals surface area (Å²) in [5, 5.41) is 12.2. The summed E-state index contributed by atoms with van der Waals surface area (Å²) < 4.78 is 3.18. The number of amides is 1. The fraction of sp³-hybridized carbons (Fsp3) is 0.250. The maximum atomic E-state index is 12.3. The van der Waals surface area contributed by atoms with Crippen molar-refractivity contribution in [1.82, 2.24) is 24.5 Å². The second-order valence-electron chi connectivity index (χ2n) is 5.66. The molecule has 1 unspecified atom stereocenters. The summed E-state index contributed by atoms with van der Waals surface area (Å²) in [5.74, 6) is -0.0174. The van der Waals surface area contributed by atoms with Crippen molar-refractivity contribution in [3.63, 3.8) is 0 Å². The monoisotopic (exact) mass is 378 g/mol. The molecular weight excluding hydrogens is 363 g/mol. The van der Waals surface area contributed by atoms with E-state index >= 15 is 0 Å². The van der Waals surface area contributed by atoms with Crippen LogP contribution in [0.4, 0.5) is 5.95 Å². The van der Waals surface area contributed by atoms with Gasteiger partial charge in [-0.2, -0.15) is 5.10 Å². The summed E-state index contributed by atoms with van der Waals surface area (Å²) in [6, 6.07) is 4.79. The van der Waals surface area contributed by atoms with Gasteiger partial charge in [-0.3, -0.25) is 14.8 Å². The number of hydrogen-bond donors (Lipinski definition) is 1. The lowest BCUT2D eigenvalue weighted by Gasteiger charge is -2.10. The van der Waals surface area contributed by atoms with Crippen LogP contribution in [-0.4, -0.2) is 30.5 Å². The Kier molecular flexibility index (Phi) is 5.06. The Bertz CT molecular complexity index is 904. The maximum absolute atomic E-state index is 12.3. The maximum Gasteiger partial charge on any atom is 0.251 e. The molecule has 1 N–H and O–H groups in total. The summed E-state index contributed by atoms with van der Waals surface area (Å²) in [4.78, 5) is 16.4. The third-order valence-corrected chi connectivity index (χ3v) is 4.21. The number of nitrogens with one attached hydrogen (secondary N) is 1. The summed E-state index contributed by atoms with van der Waals surface area (Å²) in [6.07, 6.45) is 5.04. The van der Waals surface area contributed by atoms with Gasteiger partial charge in [0.25, 0.3) is 5.91 Å². The topological polar surface area (TPSA) is 77.6 Å². The Balaban J connectivity index is 1.66. The number of benzene rings is 1. The van der Waals surface area contributed by atoms with Gasteiger partial charge in [0.05, 0.1) is 12.7 Å². The second kappa shape index (κ2) is 7.25. The van der Waals surface area contributed by atoms with E-state index in [9.17, 15) is 4.79 Å². The molecule has 0 bridgehead atoms. The van der Waals surface area contributed by atoms with Crippen molar-refractivity contribution in [3.05, 3.63) is 58.1 Å². The van der Waals surface area contributed by atoms with Gasteiger partial charge in [0, 0.05) is 16.2 Å². The average molecular weight is 379 g/mol. The van der Waals surface area contributed by atoms with Gasteiger partial charge in [-0.15, -0.1) is 5.10 Å². The lowest BCUT2D eigenvalue weighted by molar-refractivity contribution is -0.119. The summed E-state index contributed by atoms with van der Waals surface area (Å²) in [7, 11) is 0. The van der Waals surface area contributed by atoms with E-state index in [2.05, 4.69) is 20.5 Å². The van der Waals surface area contributed by atoms with Crippen molar-refractivity contribution in [2.24, 2.45) is 0 Å². The molecule has 1 aromatic carbocycles. The predicted octanol–water partition coefficient (Wildman–Crippen LogP) is 3.34. The first-order valence-electron chi connectivity index (χ1n) is 7.57. The Labute approximate surface area is 154 Å². The first kappa shape index (κ1) is 17.4. The van der Waals surface area contributed by atoms with Crippen LogP contribution in [0.15, 0.2) is 36.9 Å². The Morgan fingerprint density at radius 1 is 1.36 bits per heavy atom. The van der Waals surface area contributed by atoms with E-state index in [4.69, 9.17) is 23.2 Å². The largest absolute Gasteiger partial charge is 0.291 e. The Morgan fingerprint density at radius 2 is 2.16 bits per heavy atom. The fourth-order valence-electron chi connectivity index (χ4n) is 2.23. The third kappa shape index (κ3) is 4.18. The first-order chi connectivity index (χ1) is 11.9. The molecule has 2 aromatic heterocycles. The standard InChI is InChI=1S/C16H16Cl2N6O/c1-10-6-20-24(7-10)11(2)15(25)21-16-19-9-23(22-16)8-12-3-4-13(17)5-14(12)18/h3-7,9,11H,8H2,1-2H3,(H,21,22,25). The minimum atomic E-state index is -0.466. The smallest absolute Gasteiger partial charge is 0.251 e. The van der Waals surface area contributed by atoms with Gasteiger partial charge in [-0.1, -0.05) is 29.3 Å². The summed E-state index contributed by atoms with van der Waals surface area (Å²) >= 11 is 12.0. The molecule has 3 rings (SSSR count). The van der Waals surface area contributed by atoms with Crippen LogP contribution in [0.2, 0.25) is 10.0 Å². The van der Waals surface area contributed by atoms with Crippen molar-refractivity contribution in [3.8, 4) is 0 Å². The van der Waals surface area contributed by atoms with Crippen molar-refractivity contribution >= 4 is 35.1 Å². The van der Waals surface area contributed by atoms with Gasteiger partial charge in [0.1, 0.15) is 12.4 Å². The van der Waals surface area contributed by atoms with Crippen molar-refractivity contribution in [2.75, 3.05) is 5.32 Å². The fourth-order valence-corrected chi connectivity index (χ4v) is 2.70. The number of carbonyl (C=O) groups excluding carboxylic acids is 1. The number of aryl methyl sites for hydroxylation is 1. The van der Waals surface area contributed by atoms with Gasteiger partial charge in [-0.25, -0.2) is 9.67 Å². The van der Waals surface area contributed by atoms with Gasteiger partial charge in [-0.05, 0) is 37.1 Å². The number of anilines is 1. The SMILES string of the molecule is Cc1cnn(C(C)C(=O)Nc2ncn(Cc3ccc(Cl)cc3Cl)n2)c1. The van der Waals surface area contributed by atoms with Crippen LogP contribution >= 0.6 is 23.2 Å². The van der Waals surface area contributed by atoms with E-state index in [1.165, 1.54) is 6.33 Å². The molecule has 7 nitrogen and oxygen atoms in total. The third-order valence-electron chi connectivity index (χ3n) is 3.63. The highest BCUT2D eigenvalue weighted by molar-refractivity contribution is 6.35. The van der Waals surface area contributed by atoms with E-state index in [1.807, 2.05) is 13.0 Å². The van der Waals surface area contributed by atoms with Gasteiger partial charge >= 0.3 is 0 Å². The number of halogens is 2. The van der Waals surface area contributed by atoms with E-state index in [0.29, 0.717) is 16.6 Å². The van der Waals surface area contributed by atoms with Crippen LogP contribution in [0, 0.1) is 6.92 Å². The minimum Gasteiger partial charge on any atom is -0.291 e. The molecule has 25 heavy (non-hydrogen) atoms. The summed E-state index contributed by atoms with van der Waals surface area (Å²) in [5.41, 5.74) is 1.84. The molecule has 3 aromatic rings. The van der Waals surface area contributed by atoms with E-state index in [1.54, 1.807) is 40.8 Å². The van der Waals surface area contributed by atoms with Crippen LogP contribution in [0.5, 0.6) is 0 Å². The number of carbonyl (C=O) groups is 1. The van der Waals surface area contributed by atoms with E-state index in [-0.39, 0.29) is 11.9 Å². The molecule has 0 saturated carbocycles. The molecule has 1 amide bonds. The molecule has 2 heterocycles. The van der Waals surface area contributed by atoms with E-state index in [0.717, 1.165) is 11.1 Å². The van der Waals surface area contributed by atoms with Crippen LogP contribution in [0.1, 0.15) is 24.1 Å². The lowest BCUT2D eigenvalue weighted by Crippen LogP contribution is -2.24. The molecule has 0 saturated heterocycles. The molecule has 0 spiro atoms. The highest BCUT2D eigenvalue weighted by Crippen LogP contribution is 2.21. The molecule has 0 aliphatic heterocycles. The van der Waals surface area contributed by atoms with Crippen LogP contribution in [0.25, 0.3) is 0 Å². The minimum absolute atomic E-state index is 0.228. The Morgan fingerprint density at radius 3 is 2.84 bits per heavy atom.